The standard InChI is InChI=1S/C15H14N4O2/c1-2-21-15-12(4-3-7-16-15)19-14(20)10-5-6-11-13(8-10)18-9-17-11/h3-9H,2H2,1H3,(H,17,18)(H,19,20). The summed E-state index contributed by atoms with van der Waals surface area (Å²) in [4.78, 5) is 23.5. The van der Waals surface area contributed by atoms with E-state index in [1.165, 1.54) is 0 Å². The summed E-state index contributed by atoms with van der Waals surface area (Å²) in [6, 6.07) is 8.79. The molecule has 0 fully saturated rings. The number of hydrogen-bond donors (Lipinski definition) is 2. The molecule has 0 saturated heterocycles. The topological polar surface area (TPSA) is 79.9 Å². The number of rotatable bonds is 4. The zero-order valence-electron chi connectivity index (χ0n) is 11.5. The molecule has 0 aliphatic rings. The van der Waals surface area contributed by atoms with Gasteiger partial charge in [-0.05, 0) is 37.3 Å². The quantitative estimate of drug-likeness (QED) is 0.770. The zero-order chi connectivity index (χ0) is 14.7. The van der Waals surface area contributed by atoms with Gasteiger partial charge in [-0.2, -0.15) is 0 Å². The van der Waals surface area contributed by atoms with Crippen molar-refractivity contribution in [3.8, 4) is 5.88 Å². The van der Waals surface area contributed by atoms with Crippen LogP contribution in [0.2, 0.25) is 0 Å². The lowest BCUT2D eigenvalue weighted by molar-refractivity contribution is 0.102. The molecule has 21 heavy (non-hydrogen) atoms. The number of H-pyrrole nitrogens is 1. The minimum Gasteiger partial charge on any atom is -0.476 e. The van der Waals surface area contributed by atoms with Crippen LogP contribution in [0, 0.1) is 0 Å². The third-order valence-electron chi connectivity index (χ3n) is 2.98. The highest BCUT2D eigenvalue weighted by Gasteiger charge is 2.11. The van der Waals surface area contributed by atoms with Crippen LogP contribution in [0.3, 0.4) is 0 Å². The summed E-state index contributed by atoms with van der Waals surface area (Å²) >= 11 is 0. The summed E-state index contributed by atoms with van der Waals surface area (Å²) in [6.07, 6.45) is 3.22. The SMILES string of the molecule is CCOc1ncccc1NC(=O)c1ccc2nc[nH]c2c1. The molecule has 106 valence electrons. The predicted molar refractivity (Wildman–Crippen MR) is 79.5 cm³/mol. The van der Waals surface area contributed by atoms with Crippen LogP contribution in [0.1, 0.15) is 17.3 Å². The summed E-state index contributed by atoms with van der Waals surface area (Å²) < 4.78 is 5.39. The maximum atomic E-state index is 12.3. The third-order valence-corrected chi connectivity index (χ3v) is 2.98. The van der Waals surface area contributed by atoms with Gasteiger partial charge in [0.1, 0.15) is 5.69 Å². The molecule has 2 aromatic heterocycles. The molecule has 0 aliphatic heterocycles. The van der Waals surface area contributed by atoms with E-state index in [0.717, 1.165) is 11.0 Å². The van der Waals surface area contributed by atoms with Crippen LogP contribution in [0.25, 0.3) is 11.0 Å². The van der Waals surface area contributed by atoms with E-state index in [1.54, 1.807) is 42.9 Å². The van der Waals surface area contributed by atoms with E-state index < -0.39 is 0 Å². The molecule has 6 nitrogen and oxygen atoms in total. The van der Waals surface area contributed by atoms with Gasteiger partial charge in [0.15, 0.2) is 0 Å². The predicted octanol–water partition coefficient (Wildman–Crippen LogP) is 2.61. The van der Waals surface area contributed by atoms with Crippen molar-refractivity contribution in [1.29, 1.82) is 0 Å². The second kappa shape index (κ2) is 5.62. The van der Waals surface area contributed by atoms with E-state index in [1.807, 2.05) is 6.92 Å². The van der Waals surface area contributed by atoms with Gasteiger partial charge in [-0.1, -0.05) is 0 Å². The lowest BCUT2D eigenvalue weighted by Crippen LogP contribution is -2.13. The van der Waals surface area contributed by atoms with Crippen LogP contribution in [0.4, 0.5) is 5.69 Å². The van der Waals surface area contributed by atoms with Crippen molar-refractivity contribution in [2.45, 2.75) is 6.92 Å². The number of pyridine rings is 1. The van der Waals surface area contributed by atoms with E-state index in [0.29, 0.717) is 23.7 Å². The number of hydrogen-bond acceptors (Lipinski definition) is 4. The van der Waals surface area contributed by atoms with Crippen molar-refractivity contribution < 1.29 is 9.53 Å². The minimum absolute atomic E-state index is 0.222. The van der Waals surface area contributed by atoms with Gasteiger partial charge in [0.05, 0.1) is 24.0 Å². The van der Waals surface area contributed by atoms with Crippen molar-refractivity contribution in [1.82, 2.24) is 15.0 Å². The number of nitrogens with one attached hydrogen (secondary N) is 2. The first-order valence-corrected chi connectivity index (χ1v) is 6.60. The van der Waals surface area contributed by atoms with Crippen LogP contribution in [-0.4, -0.2) is 27.5 Å². The Morgan fingerprint density at radius 1 is 1.33 bits per heavy atom. The monoisotopic (exact) mass is 282 g/mol. The Hall–Kier alpha value is -2.89. The van der Waals surface area contributed by atoms with E-state index >= 15 is 0 Å². The van der Waals surface area contributed by atoms with Gasteiger partial charge in [0, 0.05) is 11.8 Å². The Bertz CT molecular complexity index is 782. The number of benzene rings is 1. The Labute approximate surface area is 121 Å². The molecule has 3 rings (SSSR count). The number of amides is 1. The number of ether oxygens (including phenoxy) is 1. The lowest BCUT2D eigenvalue weighted by atomic mass is 10.2. The number of anilines is 1. The summed E-state index contributed by atoms with van der Waals surface area (Å²) in [5, 5.41) is 2.81. The number of aromatic amines is 1. The zero-order valence-corrected chi connectivity index (χ0v) is 11.5. The van der Waals surface area contributed by atoms with Crippen LogP contribution in [0.15, 0.2) is 42.9 Å². The first-order valence-electron chi connectivity index (χ1n) is 6.60. The fourth-order valence-corrected chi connectivity index (χ4v) is 2.01. The van der Waals surface area contributed by atoms with Crippen LogP contribution in [0.5, 0.6) is 5.88 Å². The average molecular weight is 282 g/mol. The molecule has 0 saturated carbocycles. The number of carbonyl (C=O) groups is 1. The summed E-state index contributed by atoms with van der Waals surface area (Å²) in [7, 11) is 0. The molecule has 0 spiro atoms. The Balaban J connectivity index is 1.85. The third kappa shape index (κ3) is 2.69. The molecule has 0 bridgehead atoms. The van der Waals surface area contributed by atoms with Crippen molar-refractivity contribution >= 4 is 22.6 Å². The van der Waals surface area contributed by atoms with Gasteiger partial charge in [-0.15, -0.1) is 0 Å². The highest BCUT2D eigenvalue weighted by atomic mass is 16.5. The Kier molecular flexibility index (Phi) is 3.51. The number of nitrogens with zero attached hydrogens (tertiary/aromatic N) is 2. The van der Waals surface area contributed by atoms with E-state index in [4.69, 9.17) is 4.74 Å². The summed E-state index contributed by atoms with van der Waals surface area (Å²) in [5.41, 5.74) is 2.73. The van der Waals surface area contributed by atoms with Crippen molar-refractivity contribution in [3.05, 3.63) is 48.4 Å². The normalized spacial score (nSPS) is 10.5. The molecular formula is C15H14N4O2. The molecule has 0 unspecified atom stereocenters. The van der Waals surface area contributed by atoms with Crippen LogP contribution >= 0.6 is 0 Å². The van der Waals surface area contributed by atoms with E-state index in [2.05, 4.69) is 20.3 Å². The highest BCUT2D eigenvalue weighted by Crippen LogP contribution is 2.21. The summed E-state index contributed by atoms with van der Waals surface area (Å²) in [5.74, 6) is 0.191. The summed E-state index contributed by atoms with van der Waals surface area (Å²) in [6.45, 7) is 2.35. The van der Waals surface area contributed by atoms with Crippen molar-refractivity contribution in [2.24, 2.45) is 0 Å². The van der Waals surface area contributed by atoms with Crippen LogP contribution in [-0.2, 0) is 0 Å². The van der Waals surface area contributed by atoms with E-state index in [9.17, 15) is 4.79 Å². The van der Waals surface area contributed by atoms with Crippen molar-refractivity contribution in [3.63, 3.8) is 0 Å². The fraction of sp³-hybridized carbons (Fsp3) is 0.133. The molecule has 0 radical (unpaired) electrons. The minimum atomic E-state index is -0.222. The molecule has 2 heterocycles. The van der Waals surface area contributed by atoms with E-state index in [-0.39, 0.29) is 5.91 Å². The first-order chi connectivity index (χ1) is 10.3. The second-order valence-corrected chi connectivity index (χ2v) is 4.38. The van der Waals surface area contributed by atoms with Crippen LogP contribution < -0.4 is 10.1 Å². The molecule has 3 aromatic rings. The van der Waals surface area contributed by atoms with Gasteiger partial charge < -0.3 is 15.0 Å². The van der Waals surface area contributed by atoms with Gasteiger partial charge in [-0.25, -0.2) is 9.97 Å². The molecular weight excluding hydrogens is 268 g/mol. The van der Waals surface area contributed by atoms with Gasteiger partial charge in [0.25, 0.3) is 5.91 Å². The number of fused-ring (bicyclic) bond motifs is 1. The lowest BCUT2D eigenvalue weighted by Gasteiger charge is -2.10. The average Bonchev–Trinajstić information content (AvgIpc) is 2.97. The molecule has 1 amide bonds. The van der Waals surface area contributed by atoms with Crippen molar-refractivity contribution in [2.75, 3.05) is 11.9 Å². The number of carbonyl (C=O) groups excluding carboxylic acids is 1. The maximum absolute atomic E-state index is 12.3. The molecule has 1 aromatic carbocycles. The molecule has 6 heteroatoms. The molecule has 0 aliphatic carbocycles. The van der Waals surface area contributed by atoms with Gasteiger partial charge >= 0.3 is 0 Å². The second-order valence-electron chi connectivity index (χ2n) is 4.38. The Morgan fingerprint density at radius 3 is 3.10 bits per heavy atom. The smallest absolute Gasteiger partial charge is 0.255 e. The maximum Gasteiger partial charge on any atom is 0.255 e. The van der Waals surface area contributed by atoms with Gasteiger partial charge in [0.2, 0.25) is 5.88 Å². The number of imidazole rings is 1. The number of aromatic nitrogens is 3. The fourth-order valence-electron chi connectivity index (χ4n) is 2.01. The van der Waals surface area contributed by atoms with Gasteiger partial charge in [-0.3, -0.25) is 4.79 Å². The molecule has 2 N–H and O–H groups in total. The Morgan fingerprint density at radius 2 is 2.24 bits per heavy atom. The first kappa shape index (κ1) is 13.1. The largest absolute Gasteiger partial charge is 0.476 e. The highest BCUT2D eigenvalue weighted by molar-refractivity contribution is 6.06. The molecule has 0 atom stereocenters.